The lowest BCUT2D eigenvalue weighted by molar-refractivity contribution is -0.137. The number of thiazole rings is 1. The van der Waals surface area contributed by atoms with Crippen LogP contribution in [0.5, 0.6) is 0 Å². The lowest BCUT2D eigenvalue weighted by atomic mass is 10.0. The summed E-state index contributed by atoms with van der Waals surface area (Å²) in [5.74, 6) is -0.641. The number of hydrogen-bond acceptors (Lipinski definition) is 6. The Hall–Kier alpha value is -3.50. The van der Waals surface area contributed by atoms with Crippen molar-refractivity contribution in [2.75, 3.05) is 11.9 Å². The first-order valence-electron chi connectivity index (χ1n) is 10.0. The number of carbonyl (C=O) groups excluding carboxylic acids is 1. The molecule has 1 atom stereocenters. The highest BCUT2D eigenvalue weighted by atomic mass is 32.1. The molecule has 4 rings (SSSR count). The molecule has 2 heterocycles. The maximum absolute atomic E-state index is 12.7. The Morgan fingerprint density at radius 3 is 2.55 bits per heavy atom. The van der Waals surface area contributed by atoms with E-state index in [9.17, 15) is 18.0 Å². The first kappa shape index (κ1) is 22.7. The van der Waals surface area contributed by atoms with Gasteiger partial charge < -0.3 is 16.8 Å². The van der Waals surface area contributed by atoms with Crippen molar-refractivity contribution in [1.29, 1.82) is 0 Å². The van der Waals surface area contributed by atoms with Gasteiger partial charge in [0.1, 0.15) is 5.69 Å². The molecule has 6 nitrogen and oxygen atoms in total. The second-order valence-corrected chi connectivity index (χ2v) is 8.54. The van der Waals surface area contributed by atoms with Gasteiger partial charge in [-0.25, -0.2) is 4.98 Å². The van der Waals surface area contributed by atoms with E-state index in [1.807, 2.05) is 24.3 Å². The van der Waals surface area contributed by atoms with E-state index in [1.165, 1.54) is 23.5 Å². The largest absolute Gasteiger partial charge is 0.416 e. The van der Waals surface area contributed by atoms with Crippen molar-refractivity contribution < 1.29 is 18.0 Å². The van der Waals surface area contributed by atoms with E-state index >= 15 is 0 Å². The minimum atomic E-state index is -4.37. The number of anilines is 1. The zero-order valence-electron chi connectivity index (χ0n) is 17.3. The molecule has 2 aromatic carbocycles. The number of halogens is 3. The van der Waals surface area contributed by atoms with E-state index in [0.717, 1.165) is 28.5 Å². The maximum atomic E-state index is 12.7. The van der Waals surface area contributed by atoms with E-state index in [0.29, 0.717) is 28.5 Å². The number of aromatic nitrogens is 2. The van der Waals surface area contributed by atoms with Crippen molar-refractivity contribution in [2.24, 2.45) is 11.5 Å². The molecule has 0 fully saturated rings. The molecule has 0 radical (unpaired) electrons. The van der Waals surface area contributed by atoms with E-state index in [-0.39, 0.29) is 11.7 Å². The molecule has 0 bridgehead atoms. The van der Waals surface area contributed by atoms with E-state index < -0.39 is 17.6 Å². The summed E-state index contributed by atoms with van der Waals surface area (Å²) in [6.45, 7) is 0.315. The number of amides is 1. The number of nitrogens with zero attached hydrogens (tertiary/aromatic N) is 2. The third-order valence-corrected chi connectivity index (χ3v) is 6.12. The van der Waals surface area contributed by atoms with Gasteiger partial charge in [0.2, 0.25) is 0 Å². The van der Waals surface area contributed by atoms with Crippen molar-refractivity contribution in [3.05, 3.63) is 77.7 Å². The Balaban J connectivity index is 1.46. The van der Waals surface area contributed by atoms with Crippen molar-refractivity contribution >= 4 is 33.1 Å². The summed E-state index contributed by atoms with van der Waals surface area (Å²) in [7, 11) is 0. The van der Waals surface area contributed by atoms with Gasteiger partial charge in [0.25, 0.3) is 5.91 Å². The van der Waals surface area contributed by atoms with Crippen LogP contribution in [0.3, 0.4) is 0 Å². The van der Waals surface area contributed by atoms with Gasteiger partial charge in [0, 0.05) is 30.4 Å². The minimum absolute atomic E-state index is 0.159. The van der Waals surface area contributed by atoms with Gasteiger partial charge in [-0.15, -0.1) is 0 Å². The number of alkyl halides is 3. The van der Waals surface area contributed by atoms with Gasteiger partial charge in [-0.05, 0) is 47.2 Å². The van der Waals surface area contributed by atoms with E-state index in [1.54, 1.807) is 12.4 Å². The Bertz CT molecular complexity index is 1290. The zero-order valence-corrected chi connectivity index (χ0v) is 18.1. The summed E-state index contributed by atoms with van der Waals surface area (Å²) in [5.41, 5.74) is 12.7. The van der Waals surface area contributed by atoms with Crippen molar-refractivity contribution in [1.82, 2.24) is 9.97 Å². The summed E-state index contributed by atoms with van der Waals surface area (Å²) >= 11 is 1.28. The zero-order chi connectivity index (χ0) is 23.6. The SMILES string of the molecule is NC(=O)c1nc(NC[C@@H](N)Cc2ccc(C(F)(F)F)cc2)sc1-c1ccc2cnccc2c1. The second-order valence-electron chi connectivity index (χ2n) is 7.54. The van der Waals surface area contributed by atoms with Gasteiger partial charge >= 0.3 is 6.18 Å². The third kappa shape index (κ3) is 5.29. The van der Waals surface area contributed by atoms with Gasteiger partial charge in [-0.1, -0.05) is 35.6 Å². The maximum Gasteiger partial charge on any atom is 0.416 e. The number of hydrogen-bond donors (Lipinski definition) is 3. The number of primary amides is 1. The summed E-state index contributed by atoms with van der Waals surface area (Å²) in [6.07, 6.45) is -0.541. The molecule has 170 valence electrons. The fourth-order valence-electron chi connectivity index (χ4n) is 3.41. The number of rotatable bonds is 7. The highest BCUT2D eigenvalue weighted by molar-refractivity contribution is 7.19. The molecule has 0 saturated heterocycles. The molecule has 0 aliphatic heterocycles. The second kappa shape index (κ2) is 9.16. The van der Waals surface area contributed by atoms with Gasteiger partial charge in [0.15, 0.2) is 5.13 Å². The number of nitrogens with two attached hydrogens (primary N) is 2. The lowest BCUT2D eigenvalue weighted by Gasteiger charge is -2.13. The molecule has 0 aliphatic carbocycles. The van der Waals surface area contributed by atoms with Crippen LogP contribution in [-0.4, -0.2) is 28.5 Å². The standard InChI is InChI=1S/C23H20F3N5OS/c24-23(25,26)17-5-1-13(2-6-17)9-18(27)12-30-22-31-19(21(28)32)20(33-22)15-3-4-16-11-29-8-7-14(16)10-15/h1-8,10-11,18H,9,12,27H2,(H2,28,32)(H,30,31)/t18-/m0/s1. The Kier molecular flexibility index (Phi) is 6.30. The molecule has 0 unspecified atom stereocenters. The number of pyridine rings is 1. The molecular formula is C23H20F3N5OS. The highest BCUT2D eigenvalue weighted by Crippen LogP contribution is 2.34. The summed E-state index contributed by atoms with van der Waals surface area (Å²) in [6, 6.07) is 12.2. The van der Waals surface area contributed by atoms with Crippen LogP contribution < -0.4 is 16.8 Å². The highest BCUT2D eigenvalue weighted by Gasteiger charge is 2.30. The van der Waals surface area contributed by atoms with Crippen LogP contribution in [-0.2, 0) is 12.6 Å². The van der Waals surface area contributed by atoms with Gasteiger partial charge in [-0.2, -0.15) is 13.2 Å². The molecular weight excluding hydrogens is 451 g/mol. The Morgan fingerprint density at radius 2 is 1.85 bits per heavy atom. The van der Waals surface area contributed by atoms with Crippen molar-refractivity contribution in [2.45, 2.75) is 18.6 Å². The van der Waals surface area contributed by atoms with Gasteiger partial charge in [-0.3, -0.25) is 9.78 Å². The molecule has 0 spiro atoms. The van der Waals surface area contributed by atoms with Crippen molar-refractivity contribution in [3.63, 3.8) is 0 Å². The molecule has 0 aliphatic rings. The van der Waals surface area contributed by atoms with Crippen LogP contribution in [0.15, 0.2) is 60.9 Å². The summed E-state index contributed by atoms with van der Waals surface area (Å²) in [4.78, 5) is 21.0. The molecule has 4 aromatic rings. The predicted molar refractivity (Wildman–Crippen MR) is 123 cm³/mol. The first-order valence-corrected chi connectivity index (χ1v) is 10.8. The number of benzene rings is 2. The fraction of sp³-hybridized carbons (Fsp3) is 0.174. The number of carbonyl (C=O) groups is 1. The van der Waals surface area contributed by atoms with E-state index in [2.05, 4.69) is 15.3 Å². The third-order valence-electron chi connectivity index (χ3n) is 5.06. The van der Waals surface area contributed by atoms with E-state index in [4.69, 9.17) is 11.5 Å². The number of nitrogens with one attached hydrogen (secondary N) is 1. The van der Waals surface area contributed by atoms with Crippen LogP contribution in [0.1, 0.15) is 21.6 Å². The molecule has 2 aromatic heterocycles. The Morgan fingerprint density at radius 1 is 1.09 bits per heavy atom. The summed E-state index contributed by atoms with van der Waals surface area (Å²) < 4.78 is 38.1. The quantitative estimate of drug-likeness (QED) is 0.369. The van der Waals surface area contributed by atoms with Crippen LogP contribution in [0.4, 0.5) is 18.3 Å². The average molecular weight is 472 g/mol. The minimum Gasteiger partial charge on any atom is -0.364 e. The van der Waals surface area contributed by atoms with Crippen LogP contribution in [0.2, 0.25) is 0 Å². The monoisotopic (exact) mass is 471 g/mol. The van der Waals surface area contributed by atoms with Crippen LogP contribution in [0, 0.1) is 0 Å². The summed E-state index contributed by atoms with van der Waals surface area (Å²) in [5, 5.41) is 5.53. The van der Waals surface area contributed by atoms with Crippen molar-refractivity contribution in [3.8, 4) is 10.4 Å². The molecule has 33 heavy (non-hydrogen) atoms. The van der Waals surface area contributed by atoms with Crippen LogP contribution in [0.25, 0.3) is 21.2 Å². The molecule has 5 N–H and O–H groups in total. The van der Waals surface area contributed by atoms with Crippen LogP contribution >= 0.6 is 11.3 Å². The van der Waals surface area contributed by atoms with Gasteiger partial charge in [0.05, 0.1) is 10.4 Å². The number of fused-ring (bicyclic) bond motifs is 1. The molecule has 10 heteroatoms. The smallest absolute Gasteiger partial charge is 0.364 e. The first-order chi connectivity index (χ1) is 15.7. The molecule has 1 amide bonds. The average Bonchev–Trinajstić information content (AvgIpc) is 3.22. The topological polar surface area (TPSA) is 107 Å². The molecule has 0 saturated carbocycles. The lowest BCUT2D eigenvalue weighted by Crippen LogP contribution is -2.31. The predicted octanol–water partition coefficient (Wildman–Crippen LogP) is 4.46. The normalized spacial score (nSPS) is 12.6. The Labute approximate surface area is 191 Å². The fourth-order valence-corrected chi connectivity index (χ4v) is 4.38.